The molecule has 1 aromatic rings. The Morgan fingerprint density at radius 2 is 1.96 bits per heavy atom. The molecule has 1 atom stereocenters. The highest BCUT2D eigenvalue weighted by Crippen LogP contribution is 2.23. The Labute approximate surface area is 148 Å². The highest BCUT2D eigenvalue weighted by atomic mass is 16.2. The molecule has 1 amide bonds. The second-order valence-electron chi connectivity index (χ2n) is 6.52. The second kappa shape index (κ2) is 8.16. The predicted octanol–water partition coefficient (Wildman–Crippen LogP) is 1.88. The number of hydrogen-bond donors (Lipinski definition) is 1. The minimum absolute atomic E-state index is 0.0275. The van der Waals surface area contributed by atoms with E-state index in [-0.39, 0.29) is 23.3 Å². The molecule has 6 heteroatoms. The first-order valence-corrected chi connectivity index (χ1v) is 8.86. The minimum atomic E-state index is -0.301. The van der Waals surface area contributed by atoms with Gasteiger partial charge in [-0.3, -0.25) is 14.5 Å². The van der Waals surface area contributed by atoms with Crippen LogP contribution in [0.4, 0.5) is 0 Å². The lowest BCUT2D eigenvalue weighted by Gasteiger charge is -2.34. The van der Waals surface area contributed by atoms with Crippen molar-refractivity contribution in [2.75, 3.05) is 19.6 Å². The average Bonchev–Trinajstić information content (AvgIpc) is 2.64. The van der Waals surface area contributed by atoms with Crippen LogP contribution in [0.15, 0.2) is 36.2 Å². The van der Waals surface area contributed by atoms with Crippen LogP contribution in [-0.4, -0.2) is 46.2 Å². The molecule has 0 spiro atoms. The van der Waals surface area contributed by atoms with Gasteiger partial charge in [-0.2, -0.15) is 0 Å². The van der Waals surface area contributed by atoms with Gasteiger partial charge in [0, 0.05) is 30.9 Å². The number of amides is 1. The van der Waals surface area contributed by atoms with Gasteiger partial charge in [-0.05, 0) is 38.9 Å². The van der Waals surface area contributed by atoms with Crippen LogP contribution in [0, 0.1) is 6.92 Å². The number of aryl methyl sites for hydroxylation is 1. The number of carbonyl (C=O) groups excluding carboxylic acids is 2. The van der Waals surface area contributed by atoms with Crippen LogP contribution >= 0.6 is 0 Å². The molecule has 132 valence electrons. The monoisotopic (exact) mass is 340 g/mol. The van der Waals surface area contributed by atoms with Crippen LogP contribution in [0.5, 0.6) is 0 Å². The van der Waals surface area contributed by atoms with Gasteiger partial charge in [0.1, 0.15) is 5.82 Å². The molecule has 0 radical (unpaired) electrons. The van der Waals surface area contributed by atoms with Crippen LogP contribution in [0.25, 0.3) is 0 Å². The number of nitrogens with one attached hydrogen (secondary N) is 1. The summed E-state index contributed by atoms with van der Waals surface area (Å²) < 4.78 is 0. The summed E-state index contributed by atoms with van der Waals surface area (Å²) in [4.78, 5) is 35.2. The van der Waals surface area contributed by atoms with E-state index >= 15 is 0 Å². The van der Waals surface area contributed by atoms with E-state index < -0.39 is 0 Å². The molecular formula is C19H24N4O2. The highest BCUT2D eigenvalue weighted by Gasteiger charge is 2.25. The lowest BCUT2D eigenvalue weighted by Crippen LogP contribution is -2.41. The molecule has 1 aliphatic heterocycles. The summed E-state index contributed by atoms with van der Waals surface area (Å²) in [5, 5.41) is 2.93. The smallest absolute Gasteiger partial charge is 0.254 e. The summed E-state index contributed by atoms with van der Waals surface area (Å²) in [5.74, 6) is 0.299. The summed E-state index contributed by atoms with van der Waals surface area (Å²) in [6.45, 7) is 4.30. The fourth-order valence-corrected chi connectivity index (χ4v) is 3.29. The van der Waals surface area contributed by atoms with E-state index in [2.05, 4.69) is 20.2 Å². The van der Waals surface area contributed by atoms with Gasteiger partial charge in [0.2, 0.25) is 0 Å². The highest BCUT2D eigenvalue weighted by molar-refractivity contribution is 6.20. The summed E-state index contributed by atoms with van der Waals surface area (Å²) >= 11 is 0. The number of likely N-dealkylation sites (tertiary alicyclic amines) is 1. The molecule has 1 N–H and O–H groups in total. The first kappa shape index (κ1) is 17.5. The molecule has 1 aliphatic carbocycles. The quantitative estimate of drug-likeness (QED) is 0.829. The maximum Gasteiger partial charge on any atom is 0.254 e. The van der Waals surface area contributed by atoms with Gasteiger partial charge in [-0.15, -0.1) is 0 Å². The number of rotatable bonds is 5. The predicted molar refractivity (Wildman–Crippen MR) is 94.8 cm³/mol. The molecule has 2 heterocycles. The Morgan fingerprint density at radius 3 is 2.64 bits per heavy atom. The first-order valence-electron chi connectivity index (χ1n) is 8.86. The SMILES string of the molecule is Cc1ncc(C(CNC(=O)C2=CC=CCC2=O)N2CCCCC2)cn1. The van der Waals surface area contributed by atoms with Crippen molar-refractivity contribution in [1.29, 1.82) is 0 Å². The van der Waals surface area contributed by atoms with E-state index in [1.807, 2.05) is 19.3 Å². The van der Waals surface area contributed by atoms with Crippen molar-refractivity contribution < 1.29 is 9.59 Å². The van der Waals surface area contributed by atoms with Crippen LogP contribution in [-0.2, 0) is 9.59 Å². The Balaban J connectivity index is 1.72. The molecule has 25 heavy (non-hydrogen) atoms. The van der Waals surface area contributed by atoms with Crippen molar-refractivity contribution in [3.05, 3.63) is 47.6 Å². The number of Topliss-reactive ketones (excluding diaryl/α,β-unsaturated/α-hetero) is 1. The van der Waals surface area contributed by atoms with Crippen molar-refractivity contribution >= 4 is 11.7 Å². The van der Waals surface area contributed by atoms with Crippen LogP contribution < -0.4 is 5.32 Å². The summed E-state index contributed by atoms with van der Waals surface area (Å²) in [5.41, 5.74) is 1.23. The molecule has 6 nitrogen and oxygen atoms in total. The Hall–Kier alpha value is -2.34. The molecule has 2 aliphatic rings. The lowest BCUT2D eigenvalue weighted by atomic mass is 10.0. The summed E-state index contributed by atoms with van der Waals surface area (Å²) in [7, 11) is 0. The zero-order valence-corrected chi connectivity index (χ0v) is 14.6. The second-order valence-corrected chi connectivity index (χ2v) is 6.52. The van der Waals surface area contributed by atoms with Crippen LogP contribution in [0.3, 0.4) is 0 Å². The third-order valence-electron chi connectivity index (χ3n) is 4.72. The summed E-state index contributed by atoms with van der Waals surface area (Å²) in [6, 6.07) is 0.0275. The van der Waals surface area contributed by atoms with Crippen LogP contribution in [0.2, 0.25) is 0 Å². The van der Waals surface area contributed by atoms with Crippen molar-refractivity contribution in [3.63, 3.8) is 0 Å². The standard InChI is InChI=1S/C19H24N4O2/c1-14-20-11-15(12-21-14)17(23-9-5-2-6-10-23)13-22-19(25)16-7-3-4-8-18(16)24/h3-4,7,11-12,17H,2,5-6,8-10,13H2,1H3,(H,22,25). The van der Waals surface area contributed by atoms with E-state index in [9.17, 15) is 9.59 Å². The van der Waals surface area contributed by atoms with Gasteiger partial charge in [0.15, 0.2) is 5.78 Å². The molecule has 3 rings (SSSR count). The third-order valence-corrected chi connectivity index (χ3v) is 4.72. The maximum atomic E-state index is 12.4. The molecule has 1 unspecified atom stereocenters. The number of nitrogens with zero attached hydrogens (tertiary/aromatic N) is 3. The first-order chi connectivity index (χ1) is 12.1. The number of hydrogen-bond acceptors (Lipinski definition) is 5. The van der Waals surface area contributed by atoms with E-state index in [4.69, 9.17) is 0 Å². The van der Waals surface area contributed by atoms with Gasteiger partial charge >= 0.3 is 0 Å². The van der Waals surface area contributed by atoms with Gasteiger partial charge in [-0.25, -0.2) is 9.97 Å². The van der Waals surface area contributed by atoms with Crippen molar-refractivity contribution in [1.82, 2.24) is 20.2 Å². The van der Waals surface area contributed by atoms with E-state index in [1.165, 1.54) is 6.42 Å². The van der Waals surface area contributed by atoms with E-state index in [0.717, 1.165) is 37.3 Å². The minimum Gasteiger partial charge on any atom is -0.350 e. The normalized spacial score (nSPS) is 19.4. The number of piperidine rings is 1. The molecule has 0 bridgehead atoms. The van der Waals surface area contributed by atoms with Crippen molar-refractivity contribution in [3.8, 4) is 0 Å². The van der Waals surface area contributed by atoms with Crippen molar-refractivity contribution in [2.24, 2.45) is 0 Å². The fraction of sp³-hybridized carbons (Fsp3) is 0.474. The van der Waals surface area contributed by atoms with E-state index in [0.29, 0.717) is 13.0 Å². The van der Waals surface area contributed by atoms with Crippen molar-refractivity contribution in [2.45, 2.75) is 38.6 Å². The zero-order chi connectivity index (χ0) is 17.6. The molecule has 1 aromatic heterocycles. The molecule has 0 saturated carbocycles. The molecular weight excluding hydrogens is 316 g/mol. The fourth-order valence-electron chi connectivity index (χ4n) is 3.29. The van der Waals surface area contributed by atoms with E-state index in [1.54, 1.807) is 18.2 Å². The molecule has 1 saturated heterocycles. The Morgan fingerprint density at radius 1 is 1.24 bits per heavy atom. The maximum absolute atomic E-state index is 12.4. The number of ketones is 1. The number of allylic oxidation sites excluding steroid dienone is 3. The Kier molecular flexibility index (Phi) is 5.71. The molecule has 1 fully saturated rings. The van der Waals surface area contributed by atoms with Gasteiger partial charge < -0.3 is 5.32 Å². The number of carbonyl (C=O) groups is 2. The third kappa shape index (κ3) is 4.39. The number of aromatic nitrogens is 2. The van der Waals surface area contributed by atoms with Gasteiger partial charge in [0.25, 0.3) is 5.91 Å². The largest absolute Gasteiger partial charge is 0.350 e. The summed E-state index contributed by atoms with van der Waals surface area (Å²) in [6.07, 6.45) is 12.6. The average molecular weight is 340 g/mol. The van der Waals surface area contributed by atoms with Gasteiger partial charge in [-0.1, -0.05) is 18.6 Å². The topological polar surface area (TPSA) is 75.2 Å². The zero-order valence-electron chi connectivity index (χ0n) is 14.6. The molecule has 0 aromatic carbocycles. The van der Waals surface area contributed by atoms with Gasteiger partial charge in [0.05, 0.1) is 11.6 Å². The Bertz CT molecular complexity index is 688. The van der Waals surface area contributed by atoms with Crippen LogP contribution in [0.1, 0.15) is 43.1 Å². The lowest BCUT2D eigenvalue weighted by molar-refractivity contribution is -0.122.